The van der Waals surface area contributed by atoms with Gasteiger partial charge >= 0.3 is 0 Å². The van der Waals surface area contributed by atoms with E-state index in [0.717, 1.165) is 11.4 Å². The number of hydrogen-bond acceptors (Lipinski definition) is 0. The largest absolute Gasteiger partial charge is 0.320 e. The summed E-state index contributed by atoms with van der Waals surface area (Å²) in [6.07, 6.45) is 3.21. The average molecular weight is 218 g/mol. The predicted octanol–water partition coefficient (Wildman–Crippen LogP) is 3.79. The van der Waals surface area contributed by atoms with Crippen LogP contribution in [0.1, 0.15) is 24.1 Å². The molecule has 15 heavy (non-hydrogen) atoms. The van der Waals surface area contributed by atoms with Crippen molar-refractivity contribution in [1.29, 1.82) is 0 Å². The summed E-state index contributed by atoms with van der Waals surface area (Å²) in [7, 11) is 0. The molecule has 1 aliphatic heterocycles. The molecule has 2 heteroatoms. The highest BCUT2D eigenvalue weighted by Gasteiger charge is 2.20. The van der Waals surface area contributed by atoms with Gasteiger partial charge in [0.2, 0.25) is 0 Å². The predicted molar refractivity (Wildman–Crippen MR) is 62.9 cm³/mol. The average Bonchev–Trinajstić information content (AvgIpc) is 2.66. The fourth-order valence-corrected chi connectivity index (χ4v) is 2.60. The van der Waals surface area contributed by atoms with Gasteiger partial charge in [0.05, 0.1) is 0 Å². The van der Waals surface area contributed by atoms with Crippen molar-refractivity contribution in [1.82, 2.24) is 4.57 Å². The van der Waals surface area contributed by atoms with Gasteiger partial charge in [-0.15, -0.1) is 0 Å². The fourth-order valence-electron chi connectivity index (χ4n) is 2.40. The van der Waals surface area contributed by atoms with E-state index in [1.54, 1.807) is 0 Å². The molecule has 2 heterocycles. The van der Waals surface area contributed by atoms with Crippen LogP contribution >= 0.6 is 11.6 Å². The quantitative estimate of drug-likeness (QED) is 0.633. The van der Waals surface area contributed by atoms with Crippen LogP contribution in [0.25, 0.3) is 5.69 Å². The first-order valence-electron chi connectivity index (χ1n) is 5.22. The van der Waals surface area contributed by atoms with Gasteiger partial charge in [-0.1, -0.05) is 18.5 Å². The molecule has 2 aromatic rings. The first-order chi connectivity index (χ1) is 7.25. The summed E-state index contributed by atoms with van der Waals surface area (Å²) < 4.78 is 2.26. The maximum atomic E-state index is 6.02. The van der Waals surface area contributed by atoms with Crippen molar-refractivity contribution in [2.45, 2.75) is 19.3 Å². The van der Waals surface area contributed by atoms with E-state index in [9.17, 15) is 0 Å². The van der Waals surface area contributed by atoms with Gasteiger partial charge in [-0.05, 0) is 42.3 Å². The third kappa shape index (κ3) is 1.30. The Hall–Kier alpha value is -1.21. The van der Waals surface area contributed by atoms with Gasteiger partial charge in [0.1, 0.15) is 0 Å². The van der Waals surface area contributed by atoms with Crippen LogP contribution in [-0.2, 0) is 6.42 Å². The molecule has 0 radical (unpaired) electrons. The number of aromatic nitrogens is 1. The molecule has 1 aromatic carbocycles. The van der Waals surface area contributed by atoms with E-state index in [4.69, 9.17) is 11.6 Å². The van der Waals surface area contributed by atoms with Gasteiger partial charge in [-0.3, -0.25) is 0 Å². The number of fused-ring (bicyclic) bond motifs is 3. The van der Waals surface area contributed by atoms with E-state index in [-0.39, 0.29) is 0 Å². The van der Waals surface area contributed by atoms with E-state index in [1.807, 2.05) is 6.07 Å². The molecule has 0 spiro atoms. The van der Waals surface area contributed by atoms with Gasteiger partial charge in [0.15, 0.2) is 0 Å². The molecule has 1 aromatic heterocycles. The van der Waals surface area contributed by atoms with Gasteiger partial charge in [0.25, 0.3) is 0 Å². The second kappa shape index (κ2) is 3.14. The molecule has 0 amide bonds. The molecule has 0 aliphatic carbocycles. The molecule has 0 N–H and O–H groups in total. The maximum absolute atomic E-state index is 6.02. The molecule has 1 unspecified atom stereocenters. The number of benzene rings is 1. The number of nitrogens with zero attached hydrogens (tertiary/aromatic N) is 1. The van der Waals surface area contributed by atoms with Gasteiger partial charge in [-0.25, -0.2) is 0 Å². The van der Waals surface area contributed by atoms with Crippen molar-refractivity contribution in [2.75, 3.05) is 0 Å². The van der Waals surface area contributed by atoms with Crippen LogP contribution in [0.2, 0.25) is 5.02 Å². The minimum atomic E-state index is 0.575. The Labute approximate surface area is 94.3 Å². The van der Waals surface area contributed by atoms with E-state index in [2.05, 4.69) is 42.0 Å². The van der Waals surface area contributed by atoms with Crippen molar-refractivity contribution in [3.63, 3.8) is 0 Å². The van der Waals surface area contributed by atoms with Gasteiger partial charge in [0, 0.05) is 28.5 Å². The maximum Gasteiger partial charge on any atom is 0.0485 e. The molecule has 0 fully saturated rings. The molecule has 0 bridgehead atoms. The summed E-state index contributed by atoms with van der Waals surface area (Å²) in [4.78, 5) is 0. The van der Waals surface area contributed by atoms with Crippen LogP contribution in [0, 0.1) is 0 Å². The van der Waals surface area contributed by atoms with E-state index >= 15 is 0 Å². The molecular formula is C13H12ClN. The zero-order chi connectivity index (χ0) is 10.4. The lowest BCUT2D eigenvalue weighted by Crippen LogP contribution is -2.14. The fraction of sp³-hybridized carbons (Fsp3) is 0.231. The Balaban J connectivity index is 2.27. The number of hydrogen-bond donors (Lipinski definition) is 0. The van der Waals surface area contributed by atoms with Crippen LogP contribution in [0.15, 0.2) is 36.5 Å². The van der Waals surface area contributed by atoms with Crippen LogP contribution in [0.3, 0.4) is 0 Å². The minimum Gasteiger partial charge on any atom is -0.320 e. The van der Waals surface area contributed by atoms with E-state index in [0.29, 0.717) is 5.92 Å². The highest BCUT2D eigenvalue weighted by molar-refractivity contribution is 6.30. The first kappa shape index (κ1) is 9.05. The Morgan fingerprint density at radius 3 is 3.07 bits per heavy atom. The Bertz CT molecular complexity index is 513. The van der Waals surface area contributed by atoms with E-state index < -0.39 is 0 Å². The summed E-state index contributed by atoms with van der Waals surface area (Å²) in [5.41, 5.74) is 4.01. The summed E-state index contributed by atoms with van der Waals surface area (Å²) in [6, 6.07) is 10.4. The molecule has 1 aliphatic rings. The Morgan fingerprint density at radius 2 is 2.20 bits per heavy atom. The van der Waals surface area contributed by atoms with Gasteiger partial charge in [-0.2, -0.15) is 0 Å². The second-order valence-electron chi connectivity index (χ2n) is 4.18. The van der Waals surface area contributed by atoms with Crippen LogP contribution < -0.4 is 0 Å². The van der Waals surface area contributed by atoms with Crippen molar-refractivity contribution in [2.24, 2.45) is 0 Å². The topological polar surface area (TPSA) is 4.93 Å². The van der Waals surface area contributed by atoms with Gasteiger partial charge < -0.3 is 4.57 Å². The number of halogens is 1. The van der Waals surface area contributed by atoms with E-state index in [1.165, 1.54) is 16.9 Å². The monoisotopic (exact) mass is 217 g/mol. The zero-order valence-electron chi connectivity index (χ0n) is 8.57. The van der Waals surface area contributed by atoms with Crippen LogP contribution in [0.4, 0.5) is 0 Å². The van der Waals surface area contributed by atoms with Crippen LogP contribution in [0.5, 0.6) is 0 Å². The van der Waals surface area contributed by atoms with Crippen LogP contribution in [-0.4, -0.2) is 4.57 Å². The molecule has 3 rings (SSSR count). The molecule has 1 nitrogen and oxygen atoms in total. The lowest BCUT2D eigenvalue weighted by molar-refractivity contribution is 0.674. The molecule has 0 saturated heterocycles. The lowest BCUT2D eigenvalue weighted by atomic mass is 9.93. The second-order valence-corrected chi connectivity index (χ2v) is 4.62. The summed E-state index contributed by atoms with van der Waals surface area (Å²) in [5.74, 6) is 0.575. The highest BCUT2D eigenvalue weighted by atomic mass is 35.5. The summed E-state index contributed by atoms with van der Waals surface area (Å²) >= 11 is 6.02. The molecule has 1 atom stereocenters. The van der Waals surface area contributed by atoms with Crippen molar-refractivity contribution >= 4 is 11.6 Å². The molecular weight excluding hydrogens is 206 g/mol. The molecule has 0 saturated carbocycles. The SMILES string of the molecule is CC1Cc2cc(Cl)ccc2-n2cccc21. The molecule has 76 valence electrons. The summed E-state index contributed by atoms with van der Waals surface area (Å²) in [5, 5.41) is 0.830. The van der Waals surface area contributed by atoms with Crippen molar-refractivity contribution in [3.05, 3.63) is 52.8 Å². The normalized spacial score (nSPS) is 18.4. The van der Waals surface area contributed by atoms with Crippen molar-refractivity contribution in [3.8, 4) is 5.69 Å². The Morgan fingerprint density at radius 1 is 1.33 bits per heavy atom. The zero-order valence-corrected chi connectivity index (χ0v) is 9.33. The number of rotatable bonds is 0. The van der Waals surface area contributed by atoms with Crippen molar-refractivity contribution < 1.29 is 0 Å². The summed E-state index contributed by atoms with van der Waals surface area (Å²) in [6.45, 7) is 2.26. The standard InChI is InChI=1S/C13H12ClN/c1-9-7-10-8-11(14)4-5-13(10)15-6-2-3-12(9)15/h2-6,8-9H,7H2,1H3. The highest BCUT2D eigenvalue weighted by Crippen LogP contribution is 2.33. The smallest absolute Gasteiger partial charge is 0.0485 e. The third-order valence-corrected chi connectivity index (χ3v) is 3.35. The minimum absolute atomic E-state index is 0.575. The third-order valence-electron chi connectivity index (χ3n) is 3.11. The first-order valence-corrected chi connectivity index (χ1v) is 5.59. The lowest BCUT2D eigenvalue weighted by Gasteiger charge is -2.24. The Kier molecular flexibility index (Phi) is 1.89.